The molecule has 1 fully saturated rings. The average Bonchev–Trinajstić information content (AvgIpc) is 2.77. The SMILES string of the molecule is CCc1nn(CC)c(CN2CCN(CCBr)CC2)c1Br. The molecule has 114 valence electrons. The fourth-order valence-electron chi connectivity index (χ4n) is 2.67. The molecule has 1 aromatic heterocycles. The molecular formula is C14H24Br2N4. The molecule has 0 unspecified atom stereocenters. The van der Waals surface area contributed by atoms with Crippen molar-refractivity contribution in [3.63, 3.8) is 0 Å². The van der Waals surface area contributed by atoms with E-state index < -0.39 is 0 Å². The Balaban J connectivity index is 1.99. The van der Waals surface area contributed by atoms with Crippen molar-refractivity contribution in [1.82, 2.24) is 19.6 Å². The topological polar surface area (TPSA) is 24.3 Å². The molecule has 0 N–H and O–H groups in total. The van der Waals surface area contributed by atoms with Gasteiger partial charge in [-0.15, -0.1) is 0 Å². The summed E-state index contributed by atoms with van der Waals surface area (Å²) < 4.78 is 3.36. The first-order valence-corrected chi connectivity index (χ1v) is 9.35. The van der Waals surface area contributed by atoms with Gasteiger partial charge in [-0.3, -0.25) is 14.5 Å². The molecule has 2 heterocycles. The summed E-state index contributed by atoms with van der Waals surface area (Å²) in [5, 5.41) is 5.75. The minimum absolute atomic E-state index is 0.942. The van der Waals surface area contributed by atoms with Crippen LogP contribution in [0.25, 0.3) is 0 Å². The zero-order valence-corrected chi connectivity index (χ0v) is 15.6. The van der Waals surface area contributed by atoms with Crippen molar-refractivity contribution in [1.29, 1.82) is 0 Å². The fourth-order valence-corrected chi connectivity index (χ4v) is 3.86. The monoisotopic (exact) mass is 406 g/mol. The summed E-state index contributed by atoms with van der Waals surface area (Å²) in [6.07, 6.45) is 0.986. The lowest BCUT2D eigenvalue weighted by Crippen LogP contribution is -2.46. The number of hydrogen-bond acceptors (Lipinski definition) is 3. The van der Waals surface area contributed by atoms with E-state index in [1.54, 1.807) is 0 Å². The Kier molecular flexibility index (Phi) is 6.52. The first-order valence-electron chi connectivity index (χ1n) is 7.44. The van der Waals surface area contributed by atoms with Gasteiger partial charge in [-0.25, -0.2) is 0 Å². The van der Waals surface area contributed by atoms with Gasteiger partial charge in [0.15, 0.2) is 0 Å². The van der Waals surface area contributed by atoms with Crippen molar-refractivity contribution >= 4 is 31.9 Å². The van der Waals surface area contributed by atoms with Gasteiger partial charge in [0.05, 0.1) is 15.9 Å². The van der Waals surface area contributed by atoms with Crippen LogP contribution in [0, 0.1) is 0 Å². The molecule has 4 nitrogen and oxygen atoms in total. The molecule has 0 saturated carbocycles. The number of aryl methyl sites for hydroxylation is 2. The van der Waals surface area contributed by atoms with E-state index in [1.807, 2.05) is 0 Å². The predicted octanol–water partition coefficient (Wildman–Crippen LogP) is 2.74. The molecule has 20 heavy (non-hydrogen) atoms. The molecule has 0 aromatic carbocycles. The molecule has 0 spiro atoms. The summed E-state index contributed by atoms with van der Waals surface area (Å²) in [6, 6.07) is 0. The molecule has 0 bridgehead atoms. The molecule has 0 radical (unpaired) electrons. The summed E-state index contributed by atoms with van der Waals surface area (Å²) in [4.78, 5) is 5.06. The van der Waals surface area contributed by atoms with Gasteiger partial charge in [0.2, 0.25) is 0 Å². The van der Waals surface area contributed by atoms with Gasteiger partial charge in [-0.1, -0.05) is 22.9 Å². The van der Waals surface area contributed by atoms with Crippen molar-refractivity contribution in [3.05, 3.63) is 15.9 Å². The Hall–Kier alpha value is 0.0900. The number of rotatable bonds is 6. The highest BCUT2D eigenvalue weighted by Gasteiger charge is 2.20. The van der Waals surface area contributed by atoms with Crippen molar-refractivity contribution in [2.24, 2.45) is 0 Å². The summed E-state index contributed by atoms with van der Waals surface area (Å²) in [5.41, 5.74) is 2.51. The third kappa shape index (κ3) is 3.84. The largest absolute Gasteiger partial charge is 0.300 e. The molecule has 6 heteroatoms. The van der Waals surface area contributed by atoms with Crippen LogP contribution in [0.5, 0.6) is 0 Å². The molecule has 1 aliphatic rings. The lowest BCUT2D eigenvalue weighted by atomic mass is 10.2. The average molecular weight is 408 g/mol. The van der Waals surface area contributed by atoms with Crippen LogP contribution < -0.4 is 0 Å². The molecule has 0 amide bonds. The third-order valence-corrected chi connectivity index (χ3v) is 5.20. The number of alkyl halides is 1. The number of halogens is 2. The minimum atomic E-state index is 0.942. The zero-order chi connectivity index (χ0) is 14.5. The maximum atomic E-state index is 4.68. The Bertz CT molecular complexity index is 425. The quantitative estimate of drug-likeness (QED) is 0.677. The maximum Gasteiger partial charge on any atom is 0.0767 e. The van der Waals surface area contributed by atoms with Crippen molar-refractivity contribution in [2.45, 2.75) is 33.4 Å². The van der Waals surface area contributed by atoms with E-state index in [-0.39, 0.29) is 0 Å². The second-order valence-electron chi connectivity index (χ2n) is 5.18. The van der Waals surface area contributed by atoms with Crippen molar-refractivity contribution in [3.8, 4) is 0 Å². The Morgan fingerprint density at radius 2 is 1.75 bits per heavy atom. The lowest BCUT2D eigenvalue weighted by molar-refractivity contribution is 0.130. The first-order chi connectivity index (χ1) is 9.69. The predicted molar refractivity (Wildman–Crippen MR) is 90.5 cm³/mol. The summed E-state index contributed by atoms with van der Waals surface area (Å²) in [5.74, 6) is 0. The normalized spacial score (nSPS) is 17.8. The molecule has 2 rings (SSSR count). The van der Waals surface area contributed by atoms with Crippen LogP contribution in [0.15, 0.2) is 4.47 Å². The Morgan fingerprint density at radius 1 is 1.10 bits per heavy atom. The smallest absolute Gasteiger partial charge is 0.0767 e. The number of piperazine rings is 1. The fraction of sp³-hybridized carbons (Fsp3) is 0.786. The summed E-state index contributed by atoms with van der Waals surface area (Å²) >= 11 is 7.26. The highest BCUT2D eigenvalue weighted by Crippen LogP contribution is 2.24. The highest BCUT2D eigenvalue weighted by atomic mass is 79.9. The highest BCUT2D eigenvalue weighted by molar-refractivity contribution is 9.10. The summed E-state index contributed by atoms with van der Waals surface area (Å²) in [6.45, 7) is 12.1. The minimum Gasteiger partial charge on any atom is -0.300 e. The molecule has 0 aliphatic carbocycles. The number of hydrogen-bond donors (Lipinski definition) is 0. The van der Waals surface area contributed by atoms with E-state index in [4.69, 9.17) is 0 Å². The van der Waals surface area contributed by atoms with E-state index in [0.29, 0.717) is 0 Å². The number of nitrogens with zero attached hydrogens (tertiary/aromatic N) is 4. The van der Waals surface area contributed by atoms with Crippen LogP contribution >= 0.6 is 31.9 Å². The molecule has 1 aromatic rings. The second kappa shape index (κ2) is 7.92. The van der Waals surface area contributed by atoms with E-state index in [9.17, 15) is 0 Å². The lowest BCUT2D eigenvalue weighted by Gasteiger charge is -2.34. The van der Waals surface area contributed by atoms with Gasteiger partial charge in [0, 0.05) is 51.1 Å². The van der Waals surface area contributed by atoms with E-state index in [1.165, 1.54) is 29.0 Å². The van der Waals surface area contributed by atoms with Crippen LogP contribution in [0.2, 0.25) is 0 Å². The molecule has 1 aliphatic heterocycles. The maximum absolute atomic E-state index is 4.68. The van der Waals surface area contributed by atoms with Crippen LogP contribution in [0.1, 0.15) is 25.2 Å². The number of aromatic nitrogens is 2. The van der Waals surface area contributed by atoms with Gasteiger partial charge >= 0.3 is 0 Å². The van der Waals surface area contributed by atoms with Crippen LogP contribution in [0.4, 0.5) is 0 Å². The van der Waals surface area contributed by atoms with Gasteiger partial charge in [0.25, 0.3) is 0 Å². The van der Waals surface area contributed by atoms with E-state index >= 15 is 0 Å². The van der Waals surface area contributed by atoms with Gasteiger partial charge in [0.1, 0.15) is 0 Å². The second-order valence-corrected chi connectivity index (χ2v) is 6.77. The standard InChI is InChI=1S/C14H24Br2N4/c1-3-12-14(16)13(20(4-2)17-12)11-19-9-7-18(6-5-15)8-10-19/h3-11H2,1-2H3. The van der Waals surface area contributed by atoms with Crippen molar-refractivity contribution in [2.75, 3.05) is 38.1 Å². The van der Waals surface area contributed by atoms with Crippen LogP contribution in [-0.2, 0) is 19.5 Å². The van der Waals surface area contributed by atoms with Gasteiger partial charge < -0.3 is 0 Å². The van der Waals surface area contributed by atoms with Crippen LogP contribution in [-0.4, -0.2) is 57.6 Å². The molecular weight excluding hydrogens is 384 g/mol. The zero-order valence-electron chi connectivity index (χ0n) is 12.4. The van der Waals surface area contributed by atoms with E-state index in [2.05, 4.69) is 65.3 Å². The Labute approximate surface area is 138 Å². The molecule has 0 atom stereocenters. The van der Waals surface area contributed by atoms with Gasteiger partial charge in [-0.2, -0.15) is 5.10 Å². The van der Waals surface area contributed by atoms with Crippen LogP contribution in [0.3, 0.4) is 0 Å². The van der Waals surface area contributed by atoms with E-state index in [0.717, 1.165) is 44.5 Å². The van der Waals surface area contributed by atoms with Gasteiger partial charge in [-0.05, 0) is 29.3 Å². The third-order valence-electron chi connectivity index (χ3n) is 3.93. The van der Waals surface area contributed by atoms with Crippen molar-refractivity contribution < 1.29 is 0 Å². The Morgan fingerprint density at radius 3 is 2.30 bits per heavy atom. The molecule has 1 saturated heterocycles. The first kappa shape index (κ1) is 16.5. The summed E-state index contributed by atoms with van der Waals surface area (Å²) in [7, 11) is 0.